The van der Waals surface area contributed by atoms with Crippen molar-refractivity contribution >= 4 is 34.8 Å². The molecule has 0 aliphatic heterocycles. The van der Waals surface area contributed by atoms with Crippen LogP contribution in [0.4, 0.5) is 0 Å². The summed E-state index contributed by atoms with van der Waals surface area (Å²) in [5, 5.41) is 1.08. The number of aromatic nitrogens is 2. The average molecular weight is 304 g/mol. The summed E-state index contributed by atoms with van der Waals surface area (Å²) < 4.78 is 5.53. The van der Waals surface area contributed by atoms with Crippen LogP contribution in [-0.4, -0.2) is 9.97 Å². The van der Waals surface area contributed by atoms with Gasteiger partial charge in [0.2, 0.25) is 0 Å². The topological polar surface area (TPSA) is 35.0 Å². The van der Waals surface area contributed by atoms with Crippen LogP contribution in [0, 0.1) is 13.8 Å². The van der Waals surface area contributed by atoms with Gasteiger partial charge in [-0.25, -0.2) is 9.97 Å². The first kappa shape index (κ1) is 13.4. The number of ether oxygens (including phenoxy) is 1. The van der Waals surface area contributed by atoms with E-state index in [1.807, 2.05) is 13.8 Å². The van der Waals surface area contributed by atoms with Gasteiger partial charge in [-0.1, -0.05) is 34.8 Å². The molecule has 0 atom stereocenters. The molecule has 3 nitrogen and oxygen atoms in total. The van der Waals surface area contributed by atoms with Crippen LogP contribution in [0.3, 0.4) is 0 Å². The molecule has 1 heterocycles. The van der Waals surface area contributed by atoms with Crippen LogP contribution in [0.15, 0.2) is 18.2 Å². The third-order valence-corrected chi connectivity index (χ3v) is 3.33. The van der Waals surface area contributed by atoms with Crippen LogP contribution in [0.1, 0.15) is 11.4 Å². The van der Waals surface area contributed by atoms with Gasteiger partial charge >= 0.3 is 0 Å². The van der Waals surface area contributed by atoms with Gasteiger partial charge < -0.3 is 4.74 Å². The smallest absolute Gasteiger partial charge is 0.257 e. The van der Waals surface area contributed by atoms with Crippen molar-refractivity contribution in [2.24, 2.45) is 0 Å². The highest BCUT2D eigenvalue weighted by Gasteiger charge is 2.10. The Morgan fingerprint density at radius 2 is 1.61 bits per heavy atom. The van der Waals surface area contributed by atoms with E-state index in [-0.39, 0.29) is 11.0 Å². The lowest BCUT2D eigenvalue weighted by molar-refractivity contribution is 0.458. The molecule has 6 heteroatoms. The molecule has 1 aromatic heterocycles. The third-order valence-electron chi connectivity index (χ3n) is 2.34. The van der Waals surface area contributed by atoms with Crippen molar-refractivity contribution in [2.45, 2.75) is 13.8 Å². The monoisotopic (exact) mass is 302 g/mol. The Morgan fingerprint density at radius 3 is 2.28 bits per heavy atom. The van der Waals surface area contributed by atoms with Gasteiger partial charge in [0.05, 0.1) is 21.4 Å². The highest BCUT2D eigenvalue weighted by molar-refractivity contribution is 6.42. The molecular formula is C12H9Cl3N2O. The number of hydrogen-bond donors (Lipinski definition) is 0. The molecule has 0 amide bonds. The summed E-state index contributed by atoms with van der Waals surface area (Å²) in [6.07, 6.45) is 0. The summed E-state index contributed by atoms with van der Waals surface area (Å²) in [5.41, 5.74) is 1.52. The zero-order chi connectivity index (χ0) is 13.3. The second-order valence-corrected chi connectivity index (χ2v) is 4.84. The van der Waals surface area contributed by atoms with E-state index in [0.29, 0.717) is 15.8 Å². The fraction of sp³-hybridized carbons (Fsp3) is 0.167. The Morgan fingerprint density at radius 1 is 0.944 bits per heavy atom. The van der Waals surface area contributed by atoms with E-state index in [1.165, 1.54) is 0 Å². The van der Waals surface area contributed by atoms with Gasteiger partial charge in [0, 0.05) is 6.07 Å². The number of hydrogen-bond acceptors (Lipinski definition) is 3. The van der Waals surface area contributed by atoms with E-state index in [9.17, 15) is 0 Å². The first-order chi connectivity index (χ1) is 8.47. The first-order valence-electron chi connectivity index (χ1n) is 5.11. The molecule has 0 fully saturated rings. The van der Waals surface area contributed by atoms with Crippen molar-refractivity contribution in [3.63, 3.8) is 0 Å². The summed E-state index contributed by atoms with van der Waals surface area (Å²) in [7, 11) is 0. The summed E-state index contributed by atoms with van der Waals surface area (Å²) in [4.78, 5) is 8.36. The van der Waals surface area contributed by atoms with Crippen LogP contribution in [0.5, 0.6) is 11.6 Å². The van der Waals surface area contributed by atoms with E-state index < -0.39 is 0 Å². The molecule has 18 heavy (non-hydrogen) atoms. The van der Waals surface area contributed by atoms with Gasteiger partial charge in [-0.2, -0.15) is 0 Å². The molecule has 2 rings (SSSR count). The maximum absolute atomic E-state index is 5.96. The lowest BCUT2D eigenvalue weighted by Gasteiger charge is -2.08. The van der Waals surface area contributed by atoms with Gasteiger partial charge in [0.15, 0.2) is 5.15 Å². The Balaban J connectivity index is 2.34. The number of rotatable bonds is 2. The molecule has 0 saturated heterocycles. The average Bonchev–Trinajstić information content (AvgIpc) is 2.31. The van der Waals surface area contributed by atoms with Crippen molar-refractivity contribution in [3.05, 3.63) is 44.8 Å². The van der Waals surface area contributed by atoms with Crippen LogP contribution >= 0.6 is 34.8 Å². The largest absolute Gasteiger partial charge is 0.436 e. The Hall–Kier alpha value is -1.03. The third kappa shape index (κ3) is 2.86. The standard InChI is InChI=1S/C12H9Cl3N2O/c1-6-7(2)17-12(11(15)16-6)18-8-3-4-9(13)10(14)5-8/h3-5H,1-2H3. The van der Waals surface area contributed by atoms with Crippen molar-refractivity contribution in [3.8, 4) is 11.6 Å². The molecule has 0 radical (unpaired) electrons. The summed E-state index contributed by atoms with van der Waals surface area (Å²) >= 11 is 17.7. The maximum atomic E-state index is 5.96. The number of aryl methyl sites for hydroxylation is 2. The highest BCUT2D eigenvalue weighted by atomic mass is 35.5. The predicted molar refractivity (Wildman–Crippen MR) is 73.1 cm³/mol. The summed E-state index contributed by atoms with van der Waals surface area (Å²) in [6.45, 7) is 3.66. The Kier molecular flexibility index (Phi) is 3.95. The lowest BCUT2D eigenvalue weighted by Crippen LogP contribution is -1.97. The molecule has 0 saturated carbocycles. The Labute approximate surface area is 120 Å². The van der Waals surface area contributed by atoms with E-state index in [0.717, 1.165) is 11.4 Å². The second-order valence-electron chi connectivity index (χ2n) is 3.67. The molecular weight excluding hydrogens is 295 g/mol. The SMILES string of the molecule is Cc1nc(Cl)c(Oc2ccc(Cl)c(Cl)c2)nc1C. The van der Waals surface area contributed by atoms with Crippen LogP contribution in [0.2, 0.25) is 15.2 Å². The molecule has 94 valence electrons. The Bertz CT molecular complexity index is 602. The van der Waals surface area contributed by atoms with Crippen LogP contribution in [-0.2, 0) is 0 Å². The molecule has 0 unspecified atom stereocenters. The molecule has 0 spiro atoms. The van der Waals surface area contributed by atoms with E-state index >= 15 is 0 Å². The van der Waals surface area contributed by atoms with Crippen LogP contribution < -0.4 is 4.74 Å². The molecule has 0 N–H and O–H groups in total. The molecule has 0 bridgehead atoms. The van der Waals surface area contributed by atoms with Gasteiger partial charge in [-0.3, -0.25) is 0 Å². The minimum atomic E-state index is 0.212. The predicted octanol–water partition coefficient (Wildman–Crippen LogP) is 4.85. The van der Waals surface area contributed by atoms with Gasteiger partial charge in [-0.05, 0) is 26.0 Å². The maximum Gasteiger partial charge on any atom is 0.257 e. The molecule has 0 aliphatic carbocycles. The minimum Gasteiger partial charge on any atom is -0.436 e. The molecule has 1 aromatic carbocycles. The fourth-order valence-corrected chi connectivity index (χ4v) is 1.77. The first-order valence-corrected chi connectivity index (χ1v) is 6.24. The van der Waals surface area contributed by atoms with Crippen molar-refractivity contribution in [1.29, 1.82) is 0 Å². The number of halogens is 3. The molecule has 0 aliphatic rings. The van der Waals surface area contributed by atoms with Gasteiger partial charge in [0.25, 0.3) is 5.88 Å². The lowest BCUT2D eigenvalue weighted by atomic mass is 10.3. The van der Waals surface area contributed by atoms with Gasteiger partial charge in [0.1, 0.15) is 5.75 Å². The summed E-state index contributed by atoms with van der Waals surface area (Å²) in [5.74, 6) is 0.752. The van der Waals surface area contributed by atoms with Crippen molar-refractivity contribution in [1.82, 2.24) is 9.97 Å². The highest BCUT2D eigenvalue weighted by Crippen LogP contribution is 2.31. The minimum absolute atomic E-state index is 0.212. The quantitative estimate of drug-likeness (QED) is 0.795. The second kappa shape index (κ2) is 5.31. The van der Waals surface area contributed by atoms with Gasteiger partial charge in [-0.15, -0.1) is 0 Å². The van der Waals surface area contributed by atoms with E-state index in [4.69, 9.17) is 39.5 Å². The zero-order valence-corrected chi connectivity index (χ0v) is 11.9. The molecule has 2 aromatic rings. The van der Waals surface area contributed by atoms with E-state index in [2.05, 4.69) is 9.97 Å². The van der Waals surface area contributed by atoms with Crippen molar-refractivity contribution in [2.75, 3.05) is 0 Å². The zero-order valence-electron chi connectivity index (χ0n) is 9.67. The van der Waals surface area contributed by atoms with E-state index in [1.54, 1.807) is 18.2 Å². The fourth-order valence-electron chi connectivity index (χ4n) is 1.27. The normalized spacial score (nSPS) is 10.5. The van der Waals surface area contributed by atoms with Crippen LogP contribution in [0.25, 0.3) is 0 Å². The number of benzene rings is 1. The number of nitrogens with zero attached hydrogens (tertiary/aromatic N) is 2. The van der Waals surface area contributed by atoms with Crippen molar-refractivity contribution < 1.29 is 4.74 Å². The summed E-state index contributed by atoms with van der Waals surface area (Å²) in [6, 6.07) is 4.92.